The molecule has 2 rings (SSSR count). The summed E-state index contributed by atoms with van der Waals surface area (Å²) in [5, 5.41) is 3.38. The molecule has 2 aromatic rings. The fraction of sp³-hybridized carbons (Fsp3) is 0.250. The van der Waals surface area contributed by atoms with Crippen molar-refractivity contribution in [2.24, 2.45) is 0 Å². The smallest absolute Gasteiger partial charge is 0.387 e. The monoisotopic (exact) mass is 355 g/mol. The third-order valence-corrected chi connectivity index (χ3v) is 3.49. The molecule has 0 aromatic heterocycles. The van der Waals surface area contributed by atoms with Crippen molar-refractivity contribution >= 4 is 21.6 Å². The van der Waals surface area contributed by atoms with Gasteiger partial charge in [0.25, 0.3) is 0 Å². The van der Waals surface area contributed by atoms with Gasteiger partial charge in [-0.3, -0.25) is 0 Å². The first kappa shape index (κ1) is 15.8. The summed E-state index contributed by atoms with van der Waals surface area (Å²) >= 11 is 3.46. The average molecular weight is 356 g/mol. The second-order valence-corrected chi connectivity index (χ2v) is 5.75. The van der Waals surface area contributed by atoms with Crippen LogP contribution in [0.4, 0.5) is 14.5 Å². The van der Waals surface area contributed by atoms with E-state index in [4.69, 9.17) is 0 Å². The summed E-state index contributed by atoms with van der Waals surface area (Å²) < 4.78 is 29.6. The van der Waals surface area contributed by atoms with Crippen molar-refractivity contribution in [1.29, 1.82) is 0 Å². The Bertz CT molecular complexity index is 581. The van der Waals surface area contributed by atoms with E-state index < -0.39 is 6.61 Å². The second kappa shape index (κ2) is 6.89. The maximum absolute atomic E-state index is 12.1. The topological polar surface area (TPSA) is 21.3 Å². The van der Waals surface area contributed by atoms with Gasteiger partial charge in [-0.2, -0.15) is 8.78 Å². The van der Waals surface area contributed by atoms with Crippen molar-refractivity contribution in [3.05, 3.63) is 58.1 Å². The number of anilines is 1. The van der Waals surface area contributed by atoms with Crippen LogP contribution in [0.5, 0.6) is 5.75 Å². The van der Waals surface area contributed by atoms with Crippen molar-refractivity contribution in [3.63, 3.8) is 0 Å². The maximum Gasteiger partial charge on any atom is 0.387 e. The number of hydrogen-bond acceptors (Lipinski definition) is 2. The molecule has 1 atom stereocenters. The number of rotatable bonds is 5. The molecular formula is C16H16BrF2NO. The molecule has 1 N–H and O–H groups in total. The summed E-state index contributed by atoms with van der Waals surface area (Å²) in [6.07, 6.45) is 0. The lowest BCUT2D eigenvalue weighted by Gasteiger charge is -2.17. The molecule has 2 aromatic carbocycles. The van der Waals surface area contributed by atoms with E-state index in [0.717, 1.165) is 21.3 Å². The van der Waals surface area contributed by atoms with Crippen LogP contribution in [0.1, 0.15) is 24.1 Å². The molecule has 1 unspecified atom stereocenters. The van der Waals surface area contributed by atoms with Gasteiger partial charge in [0.1, 0.15) is 5.75 Å². The van der Waals surface area contributed by atoms with Gasteiger partial charge in [-0.05, 0) is 55.3 Å². The zero-order chi connectivity index (χ0) is 15.4. The molecule has 2 nitrogen and oxygen atoms in total. The van der Waals surface area contributed by atoms with Crippen LogP contribution in [-0.4, -0.2) is 6.61 Å². The van der Waals surface area contributed by atoms with Gasteiger partial charge in [0.2, 0.25) is 0 Å². The fourth-order valence-electron chi connectivity index (χ4n) is 2.09. The Morgan fingerprint density at radius 2 is 1.76 bits per heavy atom. The molecule has 0 heterocycles. The van der Waals surface area contributed by atoms with Crippen LogP contribution in [-0.2, 0) is 0 Å². The van der Waals surface area contributed by atoms with Crippen LogP contribution < -0.4 is 10.1 Å². The van der Waals surface area contributed by atoms with Crippen molar-refractivity contribution < 1.29 is 13.5 Å². The molecule has 0 aliphatic heterocycles. The van der Waals surface area contributed by atoms with Crippen molar-refractivity contribution in [2.45, 2.75) is 26.5 Å². The number of aryl methyl sites for hydroxylation is 1. The maximum atomic E-state index is 12.1. The number of hydrogen-bond donors (Lipinski definition) is 1. The van der Waals surface area contributed by atoms with Crippen molar-refractivity contribution in [2.75, 3.05) is 5.32 Å². The first-order valence-corrected chi connectivity index (χ1v) is 7.32. The minimum Gasteiger partial charge on any atom is -0.435 e. The van der Waals surface area contributed by atoms with E-state index in [-0.39, 0.29) is 11.8 Å². The Labute approximate surface area is 131 Å². The van der Waals surface area contributed by atoms with Crippen LogP contribution in [0.2, 0.25) is 0 Å². The first-order valence-electron chi connectivity index (χ1n) is 6.52. The lowest BCUT2D eigenvalue weighted by atomic mass is 10.1. The molecule has 0 aliphatic carbocycles. The van der Waals surface area contributed by atoms with E-state index in [1.807, 2.05) is 26.0 Å². The van der Waals surface area contributed by atoms with E-state index >= 15 is 0 Å². The Balaban J connectivity index is 2.07. The first-order chi connectivity index (χ1) is 9.94. The van der Waals surface area contributed by atoms with E-state index in [1.54, 1.807) is 24.3 Å². The summed E-state index contributed by atoms with van der Waals surface area (Å²) in [5.74, 6) is 0.166. The van der Waals surface area contributed by atoms with Gasteiger partial charge in [0.15, 0.2) is 0 Å². The second-order valence-electron chi connectivity index (χ2n) is 4.83. The van der Waals surface area contributed by atoms with Gasteiger partial charge in [-0.15, -0.1) is 0 Å². The molecule has 0 bridgehead atoms. The van der Waals surface area contributed by atoms with Crippen LogP contribution in [0.25, 0.3) is 0 Å². The number of benzene rings is 2. The summed E-state index contributed by atoms with van der Waals surface area (Å²) in [5.41, 5.74) is 3.15. The Morgan fingerprint density at radius 3 is 2.33 bits per heavy atom. The highest BCUT2D eigenvalue weighted by Crippen LogP contribution is 2.25. The number of halogens is 3. The van der Waals surface area contributed by atoms with Gasteiger partial charge < -0.3 is 10.1 Å². The van der Waals surface area contributed by atoms with Crippen LogP contribution in [0, 0.1) is 6.92 Å². The summed E-state index contributed by atoms with van der Waals surface area (Å²) in [7, 11) is 0. The zero-order valence-corrected chi connectivity index (χ0v) is 13.3. The molecule has 0 aliphatic rings. The third kappa shape index (κ3) is 4.70. The largest absolute Gasteiger partial charge is 0.435 e. The van der Waals surface area contributed by atoms with E-state index in [0.29, 0.717) is 0 Å². The Kier molecular flexibility index (Phi) is 5.17. The molecule has 0 saturated carbocycles. The summed E-state index contributed by atoms with van der Waals surface area (Å²) in [4.78, 5) is 0. The zero-order valence-electron chi connectivity index (χ0n) is 11.7. The lowest BCUT2D eigenvalue weighted by Crippen LogP contribution is -2.07. The quantitative estimate of drug-likeness (QED) is 0.760. The van der Waals surface area contributed by atoms with Gasteiger partial charge in [-0.1, -0.05) is 28.1 Å². The normalized spacial score (nSPS) is 12.3. The van der Waals surface area contributed by atoms with Crippen molar-refractivity contribution in [3.8, 4) is 5.75 Å². The van der Waals surface area contributed by atoms with Gasteiger partial charge in [0.05, 0.1) is 0 Å². The minimum absolute atomic E-state index is 0.0549. The van der Waals surface area contributed by atoms with Gasteiger partial charge in [0, 0.05) is 16.2 Å². The van der Waals surface area contributed by atoms with Gasteiger partial charge >= 0.3 is 6.61 Å². The molecule has 0 fully saturated rings. The number of nitrogens with one attached hydrogen (secondary N) is 1. The molecule has 0 spiro atoms. The molecule has 0 radical (unpaired) electrons. The minimum atomic E-state index is -2.80. The molecule has 0 saturated heterocycles. The molecule has 21 heavy (non-hydrogen) atoms. The standard InChI is InChI=1S/C16H16BrF2NO/c1-10-7-13(17)9-14(8-10)20-11(2)12-3-5-15(6-4-12)21-16(18)19/h3-9,11,16,20H,1-2H3. The molecule has 0 amide bonds. The van der Waals surface area contributed by atoms with Crippen LogP contribution in [0.15, 0.2) is 46.9 Å². The predicted molar refractivity (Wildman–Crippen MR) is 84.0 cm³/mol. The van der Waals surface area contributed by atoms with Crippen LogP contribution in [0.3, 0.4) is 0 Å². The SMILES string of the molecule is Cc1cc(Br)cc(NC(C)c2ccc(OC(F)F)cc2)c1. The number of alkyl halides is 2. The van der Waals surface area contributed by atoms with E-state index in [2.05, 4.69) is 32.0 Å². The molecular weight excluding hydrogens is 340 g/mol. The summed E-state index contributed by atoms with van der Waals surface area (Å²) in [6, 6.07) is 12.8. The third-order valence-electron chi connectivity index (χ3n) is 3.03. The van der Waals surface area contributed by atoms with Gasteiger partial charge in [-0.25, -0.2) is 0 Å². The molecule has 112 valence electrons. The number of ether oxygens (including phenoxy) is 1. The van der Waals surface area contributed by atoms with E-state index in [1.165, 1.54) is 0 Å². The lowest BCUT2D eigenvalue weighted by molar-refractivity contribution is -0.0498. The van der Waals surface area contributed by atoms with Crippen molar-refractivity contribution in [1.82, 2.24) is 0 Å². The highest BCUT2D eigenvalue weighted by Gasteiger charge is 2.08. The Morgan fingerprint density at radius 1 is 1.10 bits per heavy atom. The average Bonchev–Trinajstić information content (AvgIpc) is 2.37. The Hall–Kier alpha value is -1.62. The predicted octanol–water partition coefficient (Wildman–Crippen LogP) is 5.53. The summed E-state index contributed by atoms with van der Waals surface area (Å²) in [6.45, 7) is 1.24. The van der Waals surface area contributed by atoms with Crippen LogP contribution >= 0.6 is 15.9 Å². The highest BCUT2D eigenvalue weighted by atomic mass is 79.9. The highest BCUT2D eigenvalue weighted by molar-refractivity contribution is 9.10. The molecule has 5 heteroatoms. The van der Waals surface area contributed by atoms with E-state index in [9.17, 15) is 8.78 Å². The fourth-order valence-corrected chi connectivity index (χ4v) is 2.70.